The Morgan fingerprint density at radius 2 is 1.61 bits per heavy atom. The predicted octanol–water partition coefficient (Wildman–Crippen LogP) is 6.88. The highest BCUT2D eigenvalue weighted by Gasteiger charge is 2.29. The summed E-state index contributed by atoms with van der Waals surface area (Å²) in [7, 11) is 0. The molecule has 0 spiro atoms. The second-order valence-electron chi connectivity index (χ2n) is 8.93. The molecule has 1 unspecified atom stereocenters. The Bertz CT molecular complexity index is 1520. The van der Waals surface area contributed by atoms with Crippen molar-refractivity contribution >= 4 is 5.88 Å². The Kier molecular flexibility index (Phi) is 5.62. The lowest BCUT2D eigenvalue weighted by Crippen LogP contribution is -2.20. The van der Waals surface area contributed by atoms with Crippen LogP contribution in [-0.4, -0.2) is 14.9 Å². The van der Waals surface area contributed by atoms with Gasteiger partial charge in [0.15, 0.2) is 0 Å². The number of ether oxygens (including phenoxy) is 1. The van der Waals surface area contributed by atoms with Crippen molar-refractivity contribution in [3.05, 3.63) is 126 Å². The summed E-state index contributed by atoms with van der Waals surface area (Å²) in [6, 6.07) is 29.2. The van der Waals surface area contributed by atoms with E-state index < -0.39 is 0 Å². The number of hydrogen-bond acceptors (Lipinski definition) is 5. The number of anilines is 1. The Labute approximate surface area is 210 Å². The number of rotatable bonds is 6. The molecule has 0 saturated heterocycles. The lowest BCUT2D eigenvalue weighted by atomic mass is 9.96. The van der Waals surface area contributed by atoms with E-state index in [0.29, 0.717) is 12.4 Å². The molecular weight excluding hydrogens is 448 g/mol. The normalized spacial score (nSPS) is 14.8. The van der Waals surface area contributed by atoms with Crippen LogP contribution in [0.1, 0.15) is 28.6 Å². The third-order valence-electron chi connectivity index (χ3n) is 6.59. The van der Waals surface area contributed by atoms with Gasteiger partial charge in [0.2, 0.25) is 12.1 Å². The van der Waals surface area contributed by atoms with Crippen molar-refractivity contribution in [1.82, 2.24) is 14.9 Å². The van der Waals surface area contributed by atoms with Crippen molar-refractivity contribution < 1.29 is 9.26 Å². The summed E-state index contributed by atoms with van der Waals surface area (Å²) in [4.78, 5) is 1.98. The second-order valence-corrected chi connectivity index (χ2v) is 8.93. The van der Waals surface area contributed by atoms with Gasteiger partial charge in [0.1, 0.15) is 6.26 Å². The molecular formula is C30H26N4O2. The molecule has 5 aromatic rings. The molecule has 6 nitrogen and oxygen atoms in total. The van der Waals surface area contributed by atoms with Gasteiger partial charge in [0, 0.05) is 29.1 Å². The molecule has 2 aromatic heterocycles. The summed E-state index contributed by atoms with van der Waals surface area (Å²) in [5.74, 6) is 0.694. The van der Waals surface area contributed by atoms with Crippen molar-refractivity contribution in [2.24, 2.45) is 0 Å². The van der Waals surface area contributed by atoms with Gasteiger partial charge in [-0.05, 0) is 42.7 Å². The van der Waals surface area contributed by atoms with Gasteiger partial charge in [-0.2, -0.15) is 5.10 Å². The summed E-state index contributed by atoms with van der Waals surface area (Å²) >= 11 is 0. The zero-order valence-corrected chi connectivity index (χ0v) is 20.2. The van der Waals surface area contributed by atoms with Crippen molar-refractivity contribution in [3.63, 3.8) is 0 Å². The summed E-state index contributed by atoms with van der Waals surface area (Å²) in [5.41, 5.74) is 8.45. The standard InChI is InChI=1S/C30H26N4O2/c1-21-22(2)32-36-29(21)34-17-18-35-30(34)25-13-14-27(23-9-5-3-6-10-23)26(19-25)20-33-16-15-28(31-33)24-11-7-4-8-12-24/h3-19,30H,20H2,1-2H3. The molecule has 0 N–H and O–H groups in total. The molecule has 6 heteroatoms. The number of aromatic nitrogens is 3. The minimum Gasteiger partial charge on any atom is -0.472 e. The molecule has 0 aliphatic carbocycles. The lowest BCUT2D eigenvalue weighted by Gasteiger charge is -2.23. The monoisotopic (exact) mass is 474 g/mol. The van der Waals surface area contributed by atoms with E-state index in [4.69, 9.17) is 14.4 Å². The molecule has 1 aliphatic heterocycles. The first kappa shape index (κ1) is 21.9. The smallest absolute Gasteiger partial charge is 0.237 e. The van der Waals surface area contributed by atoms with Crippen LogP contribution in [-0.2, 0) is 11.3 Å². The van der Waals surface area contributed by atoms with Crippen molar-refractivity contribution in [2.45, 2.75) is 26.6 Å². The molecule has 1 aliphatic rings. The molecule has 1 atom stereocenters. The van der Waals surface area contributed by atoms with Gasteiger partial charge >= 0.3 is 0 Å². The third-order valence-corrected chi connectivity index (χ3v) is 6.59. The van der Waals surface area contributed by atoms with Crippen molar-refractivity contribution in [1.29, 1.82) is 0 Å². The average Bonchev–Trinajstić information content (AvgIpc) is 3.66. The quantitative estimate of drug-likeness (QED) is 0.269. The van der Waals surface area contributed by atoms with Crippen LogP contribution in [0.2, 0.25) is 0 Å². The average molecular weight is 475 g/mol. The number of benzene rings is 3. The van der Waals surface area contributed by atoms with Gasteiger partial charge in [0.05, 0.1) is 17.9 Å². The van der Waals surface area contributed by atoms with E-state index in [-0.39, 0.29) is 6.23 Å². The molecule has 0 amide bonds. The predicted molar refractivity (Wildman–Crippen MR) is 140 cm³/mol. The second kappa shape index (κ2) is 9.23. The number of nitrogens with zero attached hydrogens (tertiary/aromatic N) is 4. The zero-order valence-electron chi connectivity index (χ0n) is 20.2. The molecule has 3 heterocycles. The first-order valence-electron chi connectivity index (χ1n) is 12.0. The van der Waals surface area contributed by atoms with E-state index in [2.05, 4.69) is 65.8 Å². The van der Waals surface area contributed by atoms with E-state index >= 15 is 0 Å². The van der Waals surface area contributed by atoms with Crippen LogP contribution in [0.4, 0.5) is 5.88 Å². The molecule has 178 valence electrons. The summed E-state index contributed by atoms with van der Waals surface area (Å²) < 4.78 is 13.6. The fraction of sp³-hybridized carbons (Fsp3) is 0.133. The summed E-state index contributed by atoms with van der Waals surface area (Å²) in [6.45, 7) is 4.58. The van der Waals surface area contributed by atoms with Crippen LogP contribution in [0.3, 0.4) is 0 Å². The maximum Gasteiger partial charge on any atom is 0.237 e. The summed E-state index contributed by atoms with van der Waals surface area (Å²) in [6.07, 6.45) is 5.29. The molecule has 6 rings (SSSR count). The molecule has 0 bridgehead atoms. The van der Waals surface area contributed by atoms with E-state index in [9.17, 15) is 0 Å². The number of hydrogen-bond donors (Lipinski definition) is 0. The highest BCUT2D eigenvalue weighted by molar-refractivity contribution is 5.68. The van der Waals surface area contributed by atoms with Crippen LogP contribution in [0.25, 0.3) is 22.4 Å². The fourth-order valence-corrected chi connectivity index (χ4v) is 4.56. The van der Waals surface area contributed by atoms with Crippen LogP contribution in [0.15, 0.2) is 108 Å². The van der Waals surface area contributed by atoms with E-state index in [0.717, 1.165) is 33.6 Å². The molecule has 0 fully saturated rings. The van der Waals surface area contributed by atoms with Crippen LogP contribution in [0.5, 0.6) is 0 Å². The molecule has 0 saturated carbocycles. The Balaban J connectivity index is 1.37. The summed E-state index contributed by atoms with van der Waals surface area (Å²) in [5, 5.41) is 8.98. The van der Waals surface area contributed by atoms with Crippen molar-refractivity contribution in [2.75, 3.05) is 4.90 Å². The van der Waals surface area contributed by atoms with Gasteiger partial charge in [-0.25, -0.2) is 0 Å². The molecule has 3 aromatic carbocycles. The van der Waals surface area contributed by atoms with Crippen LogP contribution < -0.4 is 4.90 Å². The van der Waals surface area contributed by atoms with Crippen molar-refractivity contribution in [3.8, 4) is 22.4 Å². The first-order valence-corrected chi connectivity index (χ1v) is 12.0. The maximum absolute atomic E-state index is 6.02. The Morgan fingerprint density at radius 3 is 2.33 bits per heavy atom. The fourth-order valence-electron chi connectivity index (χ4n) is 4.56. The lowest BCUT2D eigenvalue weighted by molar-refractivity contribution is 0.169. The van der Waals surface area contributed by atoms with Crippen LogP contribution >= 0.6 is 0 Å². The highest BCUT2D eigenvalue weighted by atomic mass is 16.5. The van der Waals surface area contributed by atoms with Gasteiger partial charge < -0.3 is 9.26 Å². The van der Waals surface area contributed by atoms with E-state index in [1.54, 1.807) is 6.26 Å². The van der Waals surface area contributed by atoms with E-state index in [1.807, 2.05) is 60.1 Å². The number of aryl methyl sites for hydroxylation is 1. The topological polar surface area (TPSA) is 56.3 Å². The van der Waals surface area contributed by atoms with E-state index in [1.165, 1.54) is 11.1 Å². The Hall–Kier alpha value is -4.58. The zero-order chi connectivity index (χ0) is 24.5. The highest BCUT2D eigenvalue weighted by Crippen LogP contribution is 2.37. The van der Waals surface area contributed by atoms with Crippen LogP contribution in [0, 0.1) is 13.8 Å². The largest absolute Gasteiger partial charge is 0.472 e. The molecule has 36 heavy (non-hydrogen) atoms. The minimum absolute atomic E-state index is 0.336. The van der Waals surface area contributed by atoms with Gasteiger partial charge in [-0.15, -0.1) is 0 Å². The first-order chi connectivity index (χ1) is 17.7. The van der Waals surface area contributed by atoms with Gasteiger partial charge in [-0.3, -0.25) is 9.58 Å². The SMILES string of the molecule is Cc1noc(N2C=COC2c2ccc(-c3ccccc3)c(Cn3ccc(-c4ccccc4)n3)c2)c1C. The maximum atomic E-state index is 6.02. The van der Waals surface area contributed by atoms with Gasteiger partial charge in [-0.1, -0.05) is 78.0 Å². The third kappa shape index (κ3) is 4.07. The molecule has 0 radical (unpaired) electrons. The Morgan fingerprint density at radius 1 is 0.861 bits per heavy atom. The minimum atomic E-state index is -0.336. The van der Waals surface area contributed by atoms with Gasteiger partial charge in [0.25, 0.3) is 0 Å².